The maximum Gasteiger partial charge on any atom is 0.205 e. The molecule has 1 aliphatic rings. The molecule has 0 bridgehead atoms. The van der Waals surface area contributed by atoms with Crippen molar-refractivity contribution in [3.05, 3.63) is 46.1 Å². The van der Waals surface area contributed by atoms with Gasteiger partial charge in [-0.2, -0.15) is 0 Å². The van der Waals surface area contributed by atoms with Crippen molar-refractivity contribution in [3.63, 3.8) is 0 Å². The highest BCUT2D eigenvalue weighted by Crippen LogP contribution is 2.49. The number of fused-ring (bicyclic) bond motifs is 3. The van der Waals surface area contributed by atoms with E-state index < -0.39 is 5.60 Å². The summed E-state index contributed by atoms with van der Waals surface area (Å²) in [6, 6.07) is 6.72. The van der Waals surface area contributed by atoms with E-state index in [1.807, 2.05) is 26.0 Å². The zero-order valence-electron chi connectivity index (χ0n) is 18.3. The van der Waals surface area contributed by atoms with Crippen molar-refractivity contribution < 1.29 is 28.1 Å². The second kappa shape index (κ2) is 7.58. The van der Waals surface area contributed by atoms with E-state index in [1.54, 1.807) is 32.4 Å². The lowest BCUT2D eigenvalue weighted by molar-refractivity contribution is 0.160. The molecular weight excluding hydrogens is 400 g/mol. The molecule has 0 spiro atoms. The lowest BCUT2D eigenvalue weighted by Crippen LogP contribution is -2.28. The van der Waals surface area contributed by atoms with Crippen LogP contribution in [0.5, 0.6) is 28.7 Å². The topological polar surface area (TPSA) is 76.4 Å². The van der Waals surface area contributed by atoms with Crippen LogP contribution in [0.2, 0.25) is 0 Å². The summed E-state index contributed by atoms with van der Waals surface area (Å²) in [6.45, 7) is 3.82. The summed E-state index contributed by atoms with van der Waals surface area (Å²) in [4.78, 5) is 13.3. The van der Waals surface area contributed by atoms with Crippen LogP contribution in [0.4, 0.5) is 0 Å². The van der Waals surface area contributed by atoms with E-state index in [1.165, 1.54) is 20.3 Å². The minimum atomic E-state index is -0.589. The van der Waals surface area contributed by atoms with Gasteiger partial charge >= 0.3 is 0 Å². The fourth-order valence-electron chi connectivity index (χ4n) is 3.69. The van der Waals surface area contributed by atoms with Gasteiger partial charge in [-0.1, -0.05) is 0 Å². The van der Waals surface area contributed by atoms with Gasteiger partial charge in [0.25, 0.3) is 0 Å². The predicted octanol–water partition coefficient (Wildman–Crippen LogP) is 4.68. The van der Waals surface area contributed by atoms with Gasteiger partial charge in [-0.05, 0) is 44.2 Å². The lowest BCUT2D eigenvalue weighted by Gasteiger charge is -2.30. The molecule has 0 atom stereocenters. The van der Waals surface area contributed by atoms with Crippen molar-refractivity contribution in [2.45, 2.75) is 19.4 Å². The quantitative estimate of drug-likeness (QED) is 0.589. The Bertz CT molecular complexity index is 1250. The van der Waals surface area contributed by atoms with Gasteiger partial charge in [0, 0.05) is 11.6 Å². The number of hydrogen-bond acceptors (Lipinski definition) is 7. The smallest absolute Gasteiger partial charge is 0.205 e. The summed E-state index contributed by atoms with van der Waals surface area (Å²) in [5, 5.41) is 0.300. The Labute approximate surface area is 179 Å². The van der Waals surface area contributed by atoms with Gasteiger partial charge in [-0.15, -0.1) is 0 Å². The van der Waals surface area contributed by atoms with Crippen molar-refractivity contribution in [2.24, 2.45) is 0 Å². The molecule has 0 N–H and O–H groups in total. The predicted molar refractivity (Wildman–Crippen MR) is 118 cm³/mol. The molecule has 3 aromatic rings. The molecule has 4 rings (SSSR count). The van der Waals surface area contributed by atoms with Gasteiger partial charge in [0.05, 0.1) is 34.0 Å². The van der Waals surface area contributed by atoms with Crippen molar-refractivity contribution in [1.82, 2.24) is 0 Å². The van der Waals surface area contributed by atoms with Crippen molar-refractivity contribution in [2.75, 3.05) is 28.4 Å². The fourth-order valence-corrected chi connectivity index (χ4v) is 3.69. The molecule has 0 aliphatic carbocycles. The lowest BCUT2D eigenvalue weighted by atomic mass is 9.98. The van der Waals surface area contributed by atoms with Gasteiger partial charge in [-0.3, -0.25) is 4.79 Å². The van der Waals surface area contributed by atoms with Gasteiger partial charge < -0.3 is 28.1 Å². The largest absolute Gasteiger partial charge is 0.493 e. The molecule has 0 unspecified atom stereocenters. The normalized spacial score (nSPS) is 14.0. The number of methoxy groups -OCH3 is 4. The first-order valence-electron chi connectivity index (χ1n) is 9.70. The van der Waals surface area contributed by atoms with Gasteiger partial charge in [-0.25, -0.2) is 0 Å². The fraction of sp³-hybridized carbons (Fsp3) is 0.292. The molecule has 2 heterocycles. The van der Waals surface area contributed by atoms with Crippen molar-refractivity contribution in [1.29, 1.82) is 0 Å². The monoisotopic (exact) mass is 424 g/mol. The van der Waals surface area contributed by atoms with Gasteiger partial charge in [0.1, 0.15) is 22.5 Å². The summed E-state index contributed by atoms with van der Waals surface area (Å²) in [6.07, 6.45) is 3.78. The summed E-state index contributed by atoms with van der Waals surface area (Å²) in [7, 11) is 6.15. The van der Waals surface area contributed by atoms with Gasteiger partial charge in [0.2, 0.25) is 5.75 Å². The highest BCUT2D eigenvalue weighted by Gasteiger charge is 2.31. The molecule has 2 aromatic carbocycles. The van der Waals surface area contributed by atoms with E-state index in [0.717, 1.165) is 0 Å². The third-order valence-corrected chi connectivity index (χ3v) is 5.17. The SMILES string of the molecule is COc1ccc(-c2cc(=O)c3c4c(c(OC)c(OC)c3o2)C=CC(C)(C)O4)cc1OC. The molecule has 0 saturated heterocycles. The molecule has 162 valence electrons. The van der Waals surface area contributed by atoms with Crippen molar-refractivity contribution >= 4 is 17.0 Å². The molecule has 7 nitrogen and oxygen atoms in total. The standard InChI is InChI=1S/C24H24O7/c1-24(2)10-9-14-20(31-24)19-15(25)12-17(30-22(19)23(29-6)21(14)28-5)13-7-8-16(26-3)18(11-13)27-4/h7-12H,1-6H3. The molecular formula is C24H24O7. The molecule has 0 saturated carbocycles. The first-order valence-corrected chi connectivity index (χ1v) is 9.70. The first-order chi connectivity index (χ1) is 14.8. The van der Waals surface area contributed by atoms with E-state index in [-0.39, 0.29) is 11.0 Å². The minimum absolute atomic E-state index is 0.251. The number of rotatable bonds is 5. The molecule has 7 heteroatoms. The van der Waals surface area contributed by atoms with E-state index in [9.17, 15) is 4.79 Å². The molecule has 0 fully saturated rings. The van der Waals surface area contributed by atoms with Gasteiger partial charge in [0.15, 0.2) is 28.3 Å². The van der Waals surface area contributed by atoms with E-state index in [4.69, 9.17) is 28.1 Å². The Kier molecular flexibility index (Phi) is 5.05. The highest BCUT2D eigenvalue weighted by atomic mass is 16.5. The maximum absolute atomic E-state index is 13.3. The van der Waals surface area contributed by atoms with Crippen LogP contribution in [-0.4, -0.2) is 34.0 Å². The molecule has 1 aliphatic heterocycles. The van der Waals surface area contributed by atoms with Crippen LogP contribution in [-0.2, 0) is 0 Å². The number of ether oxygens (including phenoxy) is 5. The average molecular weight is 424 g/mol. The van der Waals surface area contributed by atoms with E-state index in [2.05, 4.69) is 0 Å². The molecule has 0 radical (unpaired) electrons. The highest BCUT2D eigenvalue weighted by molar-refractivity contribution is 5.97. The van der Waals surface area contributed by atoms with Crippen LogP contribution < -0.4 is 29.1 Å². The van der Waals surface area contributed by atoms with Crippen molar-refractivity contribution in [3.8, 4) is 40.1 Å². The second-order valence-corrected chi connectivity index (χ2v) is 7.60. The Hall–Kier alpha value is -3.61. The van der Waals surface area contributed by atoms with Crippen LogP contribution in [0.3, 0.4) is 0 Å². The number of hydrogen-bond donors (Lipinski definition) is 0. The molecule has 0 amide bonds. The summed E-state index contributed by atoms with van der Waals surface area (Å²) in [5.41, 5.74) is 0.693. The summed E-state index contributed by atoms with van der Waals surface area (Å²) in [5.74, 6) is 2.61. The van der Waals surface area contributed by atoms with Crippen LogP contribution in [0.25, 0.3) is 28.4 Å². The Morgan fingerprint density at radius 2 is 1.58 bits per heavy atom. The van der Waals surface area contributed by atoms with Crippen LogP contribution >= 0.6 is 0 Å². The summed E-state index contributed by atoms with van der Waals surface area (Å²) >= 11 is 0. The molecule has 1 aromatic heterocycles. The van der Waals surface area contributed by atoms with Crippen LogP contribution in [0, 0.1) is 0 Å². The number of benzene rings is 2. The minimum Gasteiger partial charge on any atom is -0.493 e. The van der Waals surface area contributed by atoms with E-state index >= 15 is 0 Å². The van der Waals surface area contributed by atoms with Crippen LogP contribution in [0.15, 0.2) is 39.6 Å². The third-order valence-electron chi connectivity index (χ3n) is 5.17. The second-order valence-electron chi connectivity index (χ2n) is 7.60. The zero-order chi connectivity index (χ0) is 22.3. The maximum atomic E-state index is 13.3. The average Bonchev–Trinajstić information content (AvgIpc) is 2.76. The zero-order valence-corrected chi connectivity index (χ0v) is 18.3. The summed E-state index contributed by atoms with van der Waals surface area (Å²) < 4.78 is 34.2. The third kappa shape index (κ3) is 3.36. The first kappa shape index (κ1) is 20.7. The van der Waals surface area contributed by atoms with Crippen LogP contribution in [0.1, 0.15) is 19.4 Å². The Morgan fingerprint density at radius 1 is 0.871 bits per heavy atom. The molecule has 31 heavy (non-hydrogen) atoms. The van der Waals surface area contributed by atoms with E-state index in [0.29, 0.717) is 51.0 Å². The Morgan fingerprint density at radius 3 is 2.23 bits per heavy atom. The Balaban J connectivity index is 2.04.